The molecule has 1 aliphatic carbocycles. The number of benzene rings is 2. The smallest absolute Gasteiger partial charge is 0.248 e. The van der Waals surface area contributed by atoms with Crippen molar-refractivity contribution in [2.75, 3.05) is 11.9 Å². The summed E-state index contributed by atoms with van der Waals surface area (Å²) in [7, 11) is -3.79. The Bertz CT molecular complexity index is 953. The molecule has 1 aliphatic rings. The highest BCUT2D eigenvalue weighted by Crippen LogP contribution is 2.27. The van der Waals surface area contributed by atoms with E-state index >= 15 is 0 Å². The molecule has 2 aromatic rings. The van der Waals surface area contributed by atoms with Gasteiger partial charge in [-0.3, -0.25) is 9.59 Å². The molecule has 154 valence electrons. The number of hydrogen-bond donors (Lipinski definition) is 2. The van der Waals surface area contributed by atoms with E-state index in [0.717, 1.165) is 32.1 Å². The van der Waals surface area contributed by atoms with Crippen molar-refractivity contribution in [3.63, 3.8) is 0 Å². The van der Waals surface area contributed by atoms with Gasteiger partial charge in [-0.15, -0.1) is 0 Å². The number of carbonyl (C=O) groups is 2. The first-order valence-electron chi connectivity index (χ1n) is 9.64. The molecule has 0 aliphatic heterocycles. The van der Waals surface area contributed by atoms with Gasteiger partial charge in [0.15, 0.2) is 0 Å². The Hall–Kier alpha value is -2.71. The van der Waals surface area contributed by atoms with Gasteiger partial charge in [0.25, 0.3) is 0 Å². The Kier molecular flexibility index (Phi) is 6.66. The maximum atomic E-state index is 13.2. The lowest BCUT2D eigenvalue weighted by atomic mass is 9.95. The van der Waals surface area contributed by atoms with Gasteiger partial charge in [0.1, 0.15) is 0 Å². The molecule has 0 heterocycles. The molecule has 2 amide bonds. The van der Waals surface area contributed by atoms with Crippen LogP contribution >= 0.6 is 0 Å². The summed E-state index contributed by atoms with van der Waals surface area (Å²) in [5.74, 6) is -0.984. The number of anilines is 1. The summed E-state index contributed by atoms with van der Waals surface area (Å²) in [6.07, 6.45) is 4.46. The van der Waals surface area contributed by atoms with Crippen molar-refractivity contribution in [1.82, 2.24) is 4.31 Å². The fourth-order valence-electron chi connectivity index (χ4n) is 3.57. The number of nitrogens with one attached hydrogen (secondary N) is 1. The topological polar surface area (TPSA) is 110 Å². The van der Waals surface area contributed by atoms with Crippen LogP contribution in [0.25, 0.3) is 0 Å². The second-order valence-electron chi connectivity index (χ2n) is 7.14. The van der Waals surface area contributed by atoms with Gasteiger partial charge in [-0.1, -0.05) is 37.5 Å². The third-order valence-corrected chi connectivity index (χ3v) is 7.00. The van der Waals surface area contributed by atoms with E-state index in [-0.39, 0.29) is 17.5 Å². The van der Waals surface area contributed by atoms with Crippen LogP contribution in [-0.2, 0) is 14.8 Å². The number of carbonyl (C=O) groups excluding carboxylic acids is 2. The number of primary amides is 1. The molecule has 0 saturated heterocycles. The van der Waals surface area contributed by atoms with Crippen LogP contribution in [-0.4, -0.2) is 37.1 Å². The van der Waals surface area contributed by atoms with Crippen LogP contribution in [0.1, 0.15) is 42.5 Å². The quantitative estimate of drug-likeness (QED) is 0.724. The number of hydrogen-bond acceptors (Lipinski definition) is 4. The lowest BCUT2D eigenvalue weighted by Crippen LogP contribution is -2.45. The highest BCUT2D eigenvalue weighted by Gasteiger charge is 2.33. The summed E-state index contributed by atoms with van der Waals surface area (Å²) in [6.45, 7) is -0.264. The van der Waals surface area contributed by atoms with Crippen LogP contribution in [0.3, 0.4) is 0 Å². The van der Waals surface area contributed by atoms with E-state index in [9.17, 15) is 18.0 Å². The second-order valence-corrected chi connectivity index (χ2v) is 9.04. The largest absolute Gasteiger partial charge is 0.366 e. The van der Waals surface area contributed by atoms with Crippen LogP contribution in [0.5, 0.6) is 0 Å². The van der Waals surface area contributed by atoms with Gasteiger partial charge >= 0.3 is 0 Å². The van der Waals surface area contributed by atoms with Gasteiger partial charge in [-0.25, -0.2) is 8.42 Å². The molecule has 0 bridgehead atoms. The molecule has 3 rings (SSSR count). The van der Waals surface area contributed by atoms with Gasteiger partial charge in [0.2, 0.25) is 21.8 Å². The molecule has 1 fully saturated rings. The molecule has 2 aromatic carbocycles. The maximum Gasteiger partial charge on any atom is 0.248 e. The number of sulfonamides is 1. The first-order chi connectivity index (χ1) is 13.9. The Balaban J connectivity index is 1.79. The molecule has 0 aromatic heterocycles. The minimum atomic E-state index is -3.79. The van der Waals surface area contributed by atoms with E-state index < -0.39 is 21.8 Å². The molecular weight excluding hydrogens is 390 g/mol. The summed E-state index contributed by atoms with van der Waals surface area (Å²) in [5, 5.41) is 2.70. The van der Waals surface area contributed by atoms with Crippen LogP contribution in [0.4, 0.5) is 5.69 Å². The van der Waals surface area contributed by atoms with Crippen LogP contribution < -0.4 is 11.1 Å². The lowest BCUT2D eigenvalue weighted by molar-refractivity contribution is -0.116. The standard InChI is InChI=1S/C21H25N3O4S/c22-21(26)16-11-13-17(14-12-16)23-20(25)15-24(18-7-3-1-4-8-18)29(27,28)19-9-5-2-6-10-19/h2,5-6,9-14,18H,1,3-4,7-8,15H2,(H2,22,26)(H,23,25). The molecule has 8 heteroatoms. The third kappa shape index (κ3) is 5.21. The van der Waals surface area contributed by atoms with E-state index in [1.807, 2.05) is 0 Å². The minimum absolute atomic E-state index is 0.184. The zero-order chi connectivity index (χ0) is 20.9. The molecule has 0 spiro atoms. The molecule has 1 saturated carbocycles. The van der Waals surface area contributed by atoms with Crippen molar-refractivity contribution in [2.24, 2.45) is 5.73 Å². The average molecular weight is 416 g/mol. The van der Waals surface area contributed by atoms with Crippen LogP contribution in [0, 0.1) is 0 Å². The number of nitrogens with zero attached hydrogens (tertiary/aromatic N) is 1. The summed E-state index contributed by atoms with van der Waals surface area (Å²) < 4.78 is 27.8. The molecule has 7 nitrogen and oxygen atoms in total. The predicted octanol–water partition coefficient (Wildman–Crippen LogP) is 2.75. The number of rotatable bonds is 7. The lowest BCUT2D eigenvalue weighted by Gasteiger charge is -2.33. The van der Waals surface area contributed by atoms with E-state index in [1.54, 1.807) is 42.5 Å². The van der Waals surface area contributed by atoms with E-state index in [2.05, 4.69) is 5.32 Å². The Labute approximate surface area is 171 Å². The first-order valence-corrected chi connectivity index (χ1v) is 11.1. The van der Waals surface area contributed by atoms with Crippen molar-refractivity contribution >= 4 is 27.5 Å². The van der Waals surface area contributed by atoms with E-state index in [4.69, 9.17) is 5.73 Å². The first kappa shape index (κ1) is 21.0. The van der Waals surface area contributed by atoms with Crippen LogP contribution in [0.15, 0.2) is 59.5 Å². The third-order valence-electron chi connectivity index (χ3n) is 5.08. The summed E-state index contributed by atoms with van der Waals surface area (Å²) in [6, 6.07) is 14.2. The van der Waals surface area contributed by atoms with Gasteiger partial charge in [0, 0.05) is 17.3 Å². The zero-order valence-electron chi connectivity index (χ0n) is 16.1. The fourth-order valence-corrected chi connectivity index (χ4v) is 5.23. The van der Waals surface area contributed by atoms with Gasteiger partial charge in [-0.05, 0) is 49.2 Å². The number of amides is 2. The average Bonchev–Trinajstić information content (AvgIpc) is 2.73. The molecule has 29 heavy (non-hydrogen) atoms. The zero-order valence-corrected chi connectivity index (χ0v) is 16.9. The van der Waals surface area contributed by atoms with Crippen molar-refractivity contribution in [1.29, 1.82) is 0 Å². The molecular formula is C21H25N3O4S. The molecule has 0 atom stereocenters. The SMILES string of the molecule is NC(=O)c1ccc(NC(=O)CN(C2CCCCC2)S(=O)(=O)c2ccccc2)cc1. The van der Waals surface area contributed by atoms with Crippen molar-refractivity contribution in [3.05, 3.63) is 60.2 Å². The minimum Gasteiger partial charge on any atom is -0.366 e. The predicted molar refractivity (Wildman–Crippen MR) is 111 cm³/mol. The summed E-state index contributed by atoms with van der Waals surface area (Å²) in [5.41, 5.74) is 6.02. The molecule has 0 unspecified atom stereocenters. The Morgan fingerprint density at radius 3 is 2.17 bits per heavy atom. The van der Waals surface area contributed by atoms with Crippen molar-refractivity contribution in [3.8, 4) is 0 Å². The van der Waals surface area contributed by atoms with Crippen molar-refractivity contribution in [2.45, 2.75) is 43.0 Å². The second kappa shape index (κ2) is 9.19. The molecule has 0 radical (unpaired) electrons. The van der Waals surface area contributed by atoms with Gasteiger partial charge in [0.05, 0.1) is 11.4 Å². The highest BCUT2D eigenvalue weighted by molar-refractivity contribution is 7.89. The van der Waals surface area contributed by atoms with Crippen molar-refractivity contribution < 1.29 is 18.0 Å². The monoisotopic (exact) mass is 415 g/mol. The van der Waals surface area contributed by atoms with E-state index in [1.165, 1.54) is 16.4 Å². The molecule has 3 N–H and O–H groups in total. The Morgan fingerprint density at radius 2 is 1.59 bits per heavy atom. The van der Waals surface area contributed by atoms with Gasteiger partial charge in [-0.2, -0.15) is 4.31 Å². The van der Waals surface area contributed by atoms with E-state index in [0.29, 0.717) is 11.3 Å². The van der Waals surface area contributed by atoms with Gasteiger partial charge < -0.3 is 11.1 Å². The van der Waals surface area contributed by atoms with Crippen LogP contribution in [0.2, 0.25) is 0 Å². The Morgan fingerprint density at radius 1 is 0.966 bits per heavy atom. The summed E-state index contributed by atoms with van der Waals surface area (Å²) in [4.78, 5) is 24.0. The maximum absolute atomic E-state index is 13.2. The fraction of sp³-hybridized carbons (Fsp3) is 0.333. The summed E-state index contributed by atoms with van der Waals surface area (Å²) >= 11 is 0. The number of nitrogens with two attached hydrogens (primary N) is 1. The highest BCUT2D eigenvalue weighted by atomic mass is 32.2. The normalized spacial score (nSPS) is 15.2.